The summed E-state index contributed by atoms with van der Waals surface area (Å²) in [6, 6.07) is 20.6. The summed E-state index contributed by atoms with van der Waals surface area (Å²) in [5.74, 6) is -0.301. The van der Waals surface area contributed by atoms with E-state index in [1.54, 1.807) is 17.0 Å². The van der Waals surface area contributed by atoms with Crippen LogP contribution in [0.25, 0.3) is 0 Å². The number of benzene rings is 3. The third-order valence-electron chi connectivity index (χ3n) is 6.10. The molecule has 0 radical (unpaired) electrons. The minimum Gasteiger partial charge on any atom is -0.484 e. The van der Waals surface area contributed by atoms with E-state index in [9.17, 15) is 14.0 Å². The molecule has 3 aromatic carbocycles. The Kier molecular flexibility index (Phi) is 9.62. The van der Waals surface area contributed by atoms with Gasteiger partial charge in [0.2, 0.25) is 5.91 Å². The lowest BCUT2D eigenvalue weighted by atomic mass is 10.0. The number of carbonyl (C=O) groups is 2. The Labute approximate surface area is 213 Å². The Balaban J connectivity index is 1.91. The molecule has 5 nitrogen and oxygen atoms in total. The zero-order valence-electron chi connectivity index (χ0n) is 21.5. The first-order valence-electron chi connectivity index (χ1n) is 12.3. The molecule has 3 rings (SSSR count). The number of halogens is 1. The fourth-order valence-electron chi connectivity index (χ4n) is 4.03. The summed E-state index contributed by atoms with van der Waals surface area (Å²) < 4.78 is 19.4. The highest BCUT2D eigenvalue weighted by atomic mass is 19.1. The van der Waals surface area contributed by atoms with Gasteiger partial charge in [-0.2, -0.15) is 0 Å². The molecule has 0 aromatic heterocycles. The highest BCUT2D eigenvalue weighted by Gasteiger charge is 2.31. The lowest BCUT2D eigenvalue weighted by Crippen LogP contribution is -2.53. The third-order valence-corrected chi connectivity index (χ3v) is 6.10. The number of nitrogens with one attached hydrogen (secondary N) is 1. The van der Waals surface area contributed by atoms with Gasteiger partial charge in [0.1, 0.15) is 17.6 Å². The number of nitrogens with zero attached hydrogens (tertiary/aromatic N) is 1. The Morgan fingerprint density at radius 1 is 0.944 bits per heavy atom. The summed E-state index contributed by atoms with van der Waals surface area (Å²) in [5, 5.41) is 3.04. The second-order valence-electron chi connectivity index (χ2n) is 9.28. The maximum Gasteiger partial charge on any atom is 0.261 e. The van der Waals surface area contributed by atoms with Crippen molar-refractivity contribution in [2.24, 2.45) is 0 Å². The molecule has 0 aliphatic carbocycles. The molecule has 6 heteroatoms. The molecule has 0 saturated carbocycles. The maximum atomic E-state index is 13.6. The summed E-state index contributed by atoms with van der Waals surface area (Å²) in [6.45, 7) is 7.81. The Morgan fingerprint density at radius 3 is 2.19 bits per heavy atom. The number of aryl methyl sites for hydroxylation is 2. The van der Waals surface area contributed by atoms with Gasteiger partial charge in [-0.15, -0.1) is 0 Å². The third kappa shape index (κ3) is 7.94. The Bertz CT molecular complexity index is 1130. The summed E-state index contributed by atoms with van der Waals surface area (Å²) in [5.41, 5.74) is 3.74. The molecule has 0 saturated heterocycles. The molecule has 0 bridgehead atoms. The van der Waals surface area contributed by atoms with Crippen molar-refractivity contribution in [1.82, 2.24) is 10.2 Å². The van der Waals surface area contributed by atoms with Gasteiger partial charge in [-0.25, -0.2) is 4.39 Å². The van der Waals surface area contributed by atoms with Crippen LogP contribution in [0.3, 0.4) is 0 Å². The van der Waals surface area contributed by atoms with E-state index in [-0.39, 0.29) is 36.8 Å². The van der Waals surface area contributed by atoms with Crippen molar-refractivity contribution in [1.29, 1.82) is 0 Å². The van der Waals surface area contributed by atoms with Crippen molar-refractivity contribution in [2.45, 2.75) is 59.2 Å². The molecule has 3 aromatic rings. The van der Waals surface area contributed by atoms with Gasteiger partial charge in [0.15, 0.2) is 6.61 Å². The normalized spacial score (nSPS) is 12.5. The summed E-state index contributed by atoms with van der Waals surface area (Å²) in [6.07, 6.45) is 1.12. The van der Waals surface area contributed by atoms with Crippen molar-refractivity contribution >= 4 is 11.8 Å². The van der Waals surface area contributed by atoms with Gasteiger partial charge in [-0.3, -0.25) is 9.59 Å². The number of hydrogen-bond acceptors (Lipinski definition) is 3. The van der Waals surface area contributed by atoms with Gasteiger partial charge in [-0.1, -0.05) is 55.5 Å². The summed E-state index contributed by atoms with van der Waals surface area (Å²) >= 11 is 0. The minimum absolute atomic E-state index is 0.0370. The SMILES string of the molecule is CC[C@H](C)NC(=O)[C@@H](Cc1ccccc1)N(Cc1ccc(F)cc1)C(=O)COc1cc(C)cc(C)c1. The number of ether oxygens (including phenoxy) is 1. The molecule has 0 spiro atoms. The first-order chi connectivity index (χ1) is 17.2. The molecule has 0 aliphatic rings. The monoisotopic (exact) mass is 490 g/mol. The van der Waals surface area contributed by atoms with Crippen molar-refractivity contribution in [3.8, 4) is 5.75 Å². The topological polar surface area (TPSA) is 58.6 Å². The van der Waals surface area contributed by atoms with Crippen molar-refractivity contribution in [2.75, 3.05) is 6.61 Å². The van der Waals surface area contributed by atoms with E-state index in [0.29, 0.717) is 12.2 Å². The minimum atomic E-state index is -0.762. The first-order valence-corrected chi connectivity index (χ1v) is 12.3. The molecule has 0 unspecified atom stereocenters. The van der Waals surface area contributed by atoms with E-state index in [4.69, 9.17) is 4.74 Å². The molecule has 190 valence electrons. The lowest BCUT2D eigenvalue weighted by Gasteiger charge is -2.32. The van der Waals surface area contributed by atoms with Gasteiger partial charge < -0.3 is 15.0 Å². The van der Waals surface area contributed by atoms with Crippen LogP contribution in [-0.2, 0) is 22.6 Å². The number of carbonyl (C=O) groups excluding carboxylic acids is 2. The fraction of sp³-hybridized carbons (Fsp3) is 0.333. The van der Waals surface area contributed by atoms with Gasteiger partial charge in [0, 0.05) is 19.0 Å². The van der Waals surface area contributed by atoms with E-state index in [0.717, 1.165) is 28.7 Å². The van der Waals surface area contributed by atoms with E-state index >= 15 is 0 Å². The van der Waals surface area contributed by atoms with Crippen LogP contribution in [-0.4, -0.2) is 35.4 Å². The average molecular weight is 491 g/mol. The Hall–Kier alpha value is -3.67. The molecule has 1 N–H and O–H groups in total. The van der Waals surface area contributed by atoms with Crippen molar-refractivity contribution < 1.29 is 18.7 Å². The van der Waals surface area contributed by atoms with Crippen LogP contribution in [0.2, 0.25) is 0 Å². The van der Waals surface area contributed by atoms with Gasteiger partial charge in [-0.05, 0) is 73.7 Å². The molecule has 0 heterocycles. The predicted molar refractivity (Wildman–Crippen MR) is 140 cm³/mol. The van der Waals surface area contributed by atoms with Crippen LogP contribution >= 0.6 is 0 Å². The molecular weight excluding hydrogens is 455 g/mol. The second kappa shape index (κ2) is 12.9. The largest absolute Gasteiger partial charge is 0.484 e. The van der Waals surface area contributed by atoms with E-state index in [2.05, 4.69) is 5.32 Å². The maximum absolute atomic E-state index is 13.6. The second-order valence-corrected chi connectivity index (χ2v) is 9.28. The van der Waals surface area contributed by atoms with Crippen LogP contribution < -0.4 is 10.1 Å². The Morgan fingerprint density at radius 2 is 1.58 bits per heavy atom. The van der Waals surface area contributed by atoms with Crippen molar-refractivity contribution in [3.05, 3.63) is 101 Å². The van der Waals surface area contributed by atoms with Gasteiger partial charge >= 0.3 is 0 Å². The summed E-state index contributed by atoms with van der Waals surface area (Å²) in [4.78, 5) is 28.6. The number of amides is 2. The average Bonchev–Trinajstić information content (AvgIpc) is 2.85. The first kappa shape index (κ1) is 26.9. The van der Waals surface area contributed by atoms with Gasteiger partial charge in [0.05, 0.1) is 0 Å². The predicted octanol–water partition coefficient (Wildman–Crippen LogP) is 5.38. The van der Waals surface area contributed by atoms with Crippen LogP contribution in [0.5, 0.6) is 5.75 Å². The molecule has 36 heavy (non-hydrogen) atoms. The molecule has 0 fully saturated rings. The molecule has 0 aliphatic heterocycles. The zero-order chi connectivity index (χ0) is 26.1. The van der Waals surface area contributed by atoms with Crippen LogP contribution in [0.4, 0.5) is 4.39 Å². The standard InChI is InChI=1S/C30H35FN2O3/c1-5-23(4)32-30(35)28(18-24-9-7-6-8-10-24)33(19-25-11-13-26(31)14-12-25)29(34)20-36-27-16-21(2)15-22(3)17-27/h6-17,23,28H,5,18-20H2,1-4H3,(H,32,35)/t23-,28+/m0/s1. The van der Waals surface area contributed by atoms with E-state index in [1.165, 1.54) is 12.1 Å². The lowest BCUT2D eigenvalue weighted by molar-refractivity contribution is -0.143. The zero-order valence-corrected chi connectivity index (χ0v) is 21.5. The van der Waals surface area contributed by atoms with Gasteiger partial charge in [0.25, 0.3) is 5.91 Å². The molecule has 2 atom stereocenters. The van der Waals surface area contributed by atoms with Crippen LogP contribution in [0.15, 0.2) is 72.8 Å². The quantitative estimate of drug-likeness (QED) is 0.393. The number of hydrogen-bond donors (Lipinski definition) is 1. The van der Waals surface area contributed by atoms with Crippen LogP contribution in [0, 0.1) is 19.7 Å². The smallest absolute Gasteiger partial charge is 0.261 e. The number of rotatable bonds is 11. The van der Waals surface area contributed by atoms with Crippen molar-refractivity contribution in [3.63, 3.8) is 0 Å². The molecule has 2 amide bonds. The summed E-state index contributed by atoms with van der Waals surface area (Å²) in [7, 11) is 0. The molecular formula is C30H35FN2O3. The highest BCUT2D eigenvalue weighted by Crippen LogP contribution is 2.19. The highest BCUT2D eigenvalue weighted by molar-refractivity contribution is 5.88. The van der Waals surface area contributed by atoms with E-state index < -0.39 is 6.04 Å². The van der Waals surface area contributed by atoms with E-state index in [1.807, 2.05) is 76.2 Å². The van der Waals surface area contributed by atoms with Crippen LogP contribution in [0.1, 0.15) is 42.5 Å². The fourth-order valence-corrected chi connectivity index (χ4v) is 4.03.